The summed E-state index contributed by atoms with van der Waals surface area (Å²) < 4.78 is 120. The van der Waals surface area contributed by atoms with Crippen molar-refractivity contribution in [2.45, 2.75) is 71.9 Å². The number of aryl methyl sites for hydroxylation is 3. The number of esters is 3. The summed E-state index contributed by atoms with van der Waals surface area (Å²) in [6.07, 6.45) is 14.3. The maximum absolute atomic E-state index is 13.5. The van der Waals surface area contributed by atoms with E-state index >= 15 is 0 Å². The minimum atomic E-state index is -3.89. The third-order valence-corrected chi connectivity index (χ3v) is 29.6. The van der Waals surface area contributed by atoms with E-state index < -0.39 is 42.2 Å². The van der Waals surface area contributed by atoms with Crippen LogP contribution in [0, 0.1) is 0 Å². The van der Waals surface area contributed by atoms with Crippen LogP contribution in [0.25, 0.3) is 71.0 Å². The summed E-state index contributed by atoms with van der Waals surface area (Å²) in [7, 11) is 0.402. The van der Waals surface area contributed by atoms with Gasteiger partial charge in [-0.1, -0.05) is 47.5 Å². The number of hydrogen-bond acceptors (Lipinski definition) is 24. The van der Waals surface area contributed by atoms with E-state index in [-0.39, 0.29) is 49.8 Å². The minimum Gasteiger partial charge on any atom is -0.497 e. The van der Waals surface area contributed by atoms with Crippen molar-refractivity contribution >= 4 is 232 Å². The van der Waals surface area contributed by atoms with Gasteiger partial charge in [-0.15, -0.1) is 34.0 Å². The molecular weight excluding hydrogens is 1950 g/mol. The summed E-state index contributed by atoms with van der Waals surface area (Å²) in [6.45, 7) is 6.47. The van der Waals surface area contributed by atoms with E-state index in [1.54, 1.807) is 158 Å². The summed E-state index contributed by atoms with van der Waals surface area (Å²) in [4.78, 5) is 66.1. The van der Waals surface area contributed by atoms with Crippen LogP contribution in [0.2, 0.25) is 10.0 Å². The van der Waals surface area contributed by atoms with Gasteiger partial charge in [0.15, 0.2) is 6.29 Å². The van der Waals surface area contributed by atoms with E-state index in [9.17, 15) is 49.2 Å². The van der Waals surface area contributed by atoms with Crippen molar-refractivity contribution in [2.75, 3.05) is 55.4 Å². The number of aldehydes is 1. The lowest BCUT2D eigenvalue weighted by Crippen LogP contribution is -2.29. The van der Waals surface area contributed by atoms with Crippen molar-refractivity contribution in [1.29, 1.82) is 0 Å². The van der Waals surface area contributed by atoms with E-state index in [1.165, 1.54) is 39.5 Å². The number of carbonyl (C=O) groups excluding carboxylic acids is 4. The molecule has 0 atom stereocenters. The summed E-state index contributed by atoms with van der Waals surface area (Å²) in [5.74, 6) is 1.79. The molecule has 0 radical (unpaired) electrons. The van der Waals surface area contributed by atoms with Crippen LogP contribution < -0.4 is 29.1 Å². The second kappa shape index (κ2) is 47.4. The van der Waals surface area contributed by atoms with Crippen LogP contribution >= 0.6 is 99.8 Å². The van der Waals surface area contributed by atoms with Gasteiger partial charge >= 0.3 is 31.0 Å². The number of thiophene rings is 3. The van der Waals surface area contributed by atoms with E-state index in [4.69, 9.17) is 86.9 Å². The molecule has 15 rings (SSSR count). The summed E-state index contributed by atoms with van der Waals surface area (Å²) >= 11 is 21.4. The molecule has 0 spiro atoms. The number of methoxy groups -OCH3 is 5. The molecule has 0 bridgehead atoms. The van der Waals surface area contributed by atoms with Crippen LogP contribution in [-0.4, -0.2) is 156 Å². The van der Waals surface area contributed by atoms with Gasteiger partial charge in [-0.05, 0) is 257 Å². The van der Waals surface area contributed by atoms with E-state index in [2.05, 4.69) is 46.8 Å². The number of halogens is 5. The topological polar surface area (TPSA) is 380 Å². The van der Waals surface area contributed by atoms with Crippen LogP contribution in [-0.2, 0) is 81.7 Å². The van der Waals surface area contributed by atoms with Gasteiger partial charge in [0, 0.05) is 137 Å². The smallest absolute Gasteiger partial charge is 0.488 e. The fourth-order valence-corrected chi connectivity index (χ4v) is 21.7. The highest BCUT2D eigenvalue weighted by molar-refractivity contribution is 9.11. The standard InChI is InChI=1S/C22H18ClNO5S2.C18H18BrNO5S2.C14H17NO3.C14H15NO3.C10H9NO2.C6H6BClO2.C4H2BrClO2S2/c1-29-17-6-7-19-18(12-17)15(5-9-21(25)26)13-24(19)31(27,28)22-10-8-20(30-22)14-3-2-4-16(23)11-14;1-3-25-17(21)8-4-12-11-20(15-6-5-13(24-2)10-14(12)15)27(22,23)18-9-7-16(19)26-18;2*1-3-18-14(16)7-4-10-9-15-13-6-5-11(17-2)8-12(10)13;1-13-8-2-3-10-9(4-8)7(6-12)5-11-10;8-6-3-1-2-5(4-6)7(9)10;5-3-1-2-4(9-3)10(6,7)8/h2-4,6-8,10-13H,5,9H2,1H3,(H,25,26);5-7,9-11H,3-4,8H2,1-2H3;5-6,8-9,15H,3-4,7H2,1-2H3;4-9,15H,3H2,1-2H3;2-6,11H,1H3;1-4,9-10H;1-2H/b;;;7-4+;;;. The number of ether oxygens (including phenoxy) is 8. The van der Waals surface area contributed by atoms with Crippen molar-refractivity contribution in [1.82, 2.24) is 22.9 Å². The number of aromatic nitrogens is 5. The molecule has 6 N–H and O–H groups in total. The number of carboxylic acid groups (broad SMARTS) is 1. The molecule has 0 amide bonds. The van der Waals surface area contributed by atoms with E-state index in [1.807, 2.05) is 86.0 Å². The van der Waals surface area contributed by atoms with Crippen molar-refractivity contribution in [3.8, 4) is 39.2 Å². The Balaban J connectivity index is 0.000000174. The fourth-order valence-electron chi connectivity index (χ4n) is 12.3. The van der Waals surface area contributed by atoms with Gasteiger partial charge in [-0.3, -0.25) is 19.2 Å². The maximum Gasteiger partial charge on any atom is 0.488 e. The van der Waals surface area contributed by atoms with Crippen molar-refractivity contribution < 1.29 is 102 Å². The van der Waals surface area contributed by atoms with Gasteiger partial charge in [0.05, 0.1) is 74.0 Å². The first-order chi connectivity index (χ1) is 60.7. The van der Waals surface area contributed by atoms with Crippen LogP contribution in [0.4, 0.5) is 0 Å². The molecule has 668 valence electrons. The molecule has 15 aromatic rings. The molecule has 27 nitrogen and oxygen atoms in total. The Morgan fingerprint density at radius 1 is 0.472 bits per heavy atom. The molecular formula is C88H85BBr2Cl3N5O22S6. The summed E-state index contributed by atoms with van der Waals surface area (Å²) in [6, 6.07) is 50.8. The molecule has 0 saturated heterocycles. The van der Waals surface area contributed by atoms with Gasteiger partial charge < -0.3 is 68.0 Å². The average Bonchev–Trinajstić information content (AvgIpc) is 1.61. The lowest BCUT2D eigenvalue weighted by atomic mass is 9.81. The zero-order valence-electron chi connectivity index (χ0n) is 69.1. The molecule has 0 fully saturated rings. The third kappa shape index (κ3) is 27.7. The van der Waals surface area contributed by atoms with E-state index in [0.717, 1.165) is 130 Å². The fraction of sp³-hybridized carbons (Fsp3) is 0.193. The average molecular weight is 2030 g/mol. The van der Waals surface area contributed by atoms with Crippen molar-refractivity contribution in [3.05, 3.63) is 258 Å². The molecule has 7 aromatic carbocycles. The number of hydrogen-bond donors (Lipinski definition) is 6. The van der Waals surface area contributed by atoms with Gasteiger partial charge in [-0.2, -0.15) is 16.8 Å². The number of benzene rings is 7. The normalized spacial score (nSPS) is 11.1. The molecule has 8 aromatic heterocycles. The first-order valence-electron chi connectivity index (χ1n) is 38.3. The quantitative estimate of drug-likeness (QED) is 0.00695. The van der Waals surface area contributed by atoms with Crippen LogP contribution in [0.3, 0.4) is 0 Å². The molecule has 8 heterocycles. The Bertz CT molecular complexity index is 6740. The Morgan fingerprint density at radius 2 is 0.890 bits per heavy atom. The molecule has 0 aliphatic rings. The highest BCUT2D eigenvalue weighted by Gasteiger charge is 2.27. The Labute approximate surface area is 775 Å². The molecule has 0 saturated carbocycles. The third-order valence-electron chi connectivity index (χ3n) is 18.4. The number of carboxylic acids is 1. The number of H-pyrrole nitrogens is 3. The number of aromatic amines is 3. The van der Waals surface area contributed by atoms with Crippen LogP contribution in [0.5, 0.6) is 28.7 Å². The van der Waals surface area contributed by atoms with Crippen LogP contribution in [0.1, 0.15) is 72.6 Å². The summed E-state index contributed by atoms with van der Waals surface area (Å²) in [5, 5.41) is 31.8. The molecule has 127 heavy (non-hydrogen) atoms. The molecule has 0 aliphatic carbocycles. The number of carbonyl (C=O) groups is 5. The first kappa shape index (κ1) is 100. The lowest BCUT2D eigenvalue weighted by molar-refractivity contribution is -0.144. The van der Waals surface area contributed by atoms with Gasteiger partial charge in [0.2, 0.25) is 0 Å². The highest BCUT2D eigenvalue weighted by Crippen LogP contribution is 2.39. The molecule has 0 aliphatic heterocycles. The lowest BCUT2D eigenvalue weighted by Gasteiger charge is -2.06. The number of rotatable bonds is 27. The zero-order valence-corrected chi connectivity index (χ0v) is 79.5. The summed E-state index contributed by atoms with van der Waals surface area (Å²) in [5.41, 5.74) is 9.33. The van der Waals surface area contributed by atoms with E-state index in [0.29, 0.717) is 93.6 Å². The van der Waals surface area contributed by atoms with Gasteiger partial charge in [0.1, 0.15) is 41.4 Å². The zero-order chi connectivity index (χ0) is 92.3. The molecule has 39 heteroatoms. The predicted octanol–water partition coefficient (Wildman–Crippen LogP) is 19.4. The van der Waals surface area contributed by atoms with Crippen molar-refractivity contribution in [2.24, 2.45) is 0 Å². The maximum atomic E-state index is 13.5. The Kier molecular flexibility index (Phi) is 37.3. The number of fused-ring (bicyclic) bond motifs is 5. The monoisotopic (exact) mass is 2030 g/mol. The molecule has 0 unspecified atom stereocenters. The van der Waals surface area contributed by atoms with Gasteiger partial charge in [-0.25, -0.2) is 21.2 Å². The van der Waals surface area contributed by atoms with Crippen molar-refractivity contribution in [3.63, 3.8) is 0 Å². The number of aliphatic carboxylic acids is 1. The first-order valence-corrected chi connectivity index (χ1v) is 48.2. The Hall–Kier alpha value is -10.7. The Morgan fingerprint density at radius 3 is 1.32 bits per heavy atom. The number of nitrogens with one attached hydrogen (secondary N) is 3. The SMILES string of the molecule is CCOC(=O)/C=C/c1c[nH]c2ccc(OC)cc12.CCOC(=O)CCc1c[nH]c2ccc(OC)cc12.CCOC(=O)CCc1cn(S(=O)(=O)c2ccc(Br)s2)c2ccc(OC)cc12.COc1ccc2[nH]cc(C=O)c2c1.COc1ccc2c(c1)c(CCC(=O)O)cn2S(=O)(=O)c1ccc(-c2cccc(Cl)c2)s1.O=S(=O)(Cl)c1ccc(Br)s1.OB(O)c1cccc(Cl)c1. The number of nitrogens with zero attached hydrogens (tertiary/aromatic N) is 2. The highest BCUT2D eigenvalue weighted by atomic mass is 79.9. The van der Waals surface area contributed by atoms with Gasteiger partial charge in [0.25, 0.3) is 29.1 Å². The van der Waals surface area contributed by atoms with Crippen LogP contribution in [0.15, 0.2) is 233 Å². The largest absolute Gasteiger partial charge is 0.497 e. The predicted molar refractivity (Wildman–Crippen MR) is 507 cm³/mol. The second-order valence-electron chi connectivity index (χ2n) is 26.5. The minimum absolute atomic E-state index is 0.103. The second-order valence-corrected chi connectivity index (χ2v) is 40.3.